The summed E-state index contributed by atoms with van der Waals surface area (Å²) in [7, 11) is -4.13. The van der Waals surface area contributed by atoms with Crippen molar-refractivity contribution in [2.24, 2.45) is 5.92 Å². The molecule has 2 aromatic carbocycles. The van der Waals surface area contributed by atoms with Gasteiger partial charge in [-0.1, -0.05) is 18.2 Å². The summed E-state index contributed by atoms with van der Waals surface area (Å²) in [5, 5.41) is 4.85. The molecule has 1 aliphatic carbocycles. The van der Waals surface area contributed by atoms with Gasteiger partial charge < -0.3 is 5.32 Å². The van der Waals surface area contributed by atoms with Crippen LogP contribution in [0.25, 0.3) is 10.8 Å². The van der Waals surface area contributed by atoms with Crippen LogP contribution in [0.15, 0.2) is 84.1 Å². The fourth-order valence-electron chi connectivity index (χ4n) is 3.83. The first-order valence-electron chi connectivity index (χ1n) is 10.3. The molecule has 1 aliphatic rings. The summed E-state index contributed by atoms with van der Waals surface area (Å²) >= 11 is 0. The lowest BCUT2D eigenvalue weighted by atomic mass is 10.1. The number of amides is 1. The number of fused-ring (bicyclic) bond motifs is 1. The summed E-state index contributed by atoms with van der Waals surface area (Å²) < 4.78 is 42.0. The average molecular weight is 463 g/mol. The highest BCUT2D eigenvalue weighted by Crippen LogP contribution is 2.48. The number of rotatable bonds is 6. The van der Waals surface area contributed by atoms with Crippen LogP contribution in [0.3, 0.4) is 0 Å². The van der Waals surface area contributed by atoms with Gasteiger partial charge in [0.15, 0.2) is 0 Å². The lowest BCUT2D eigenvalue weighted by molar-refractivity contribution is -0.117. The number of nitrogens with zero attached hydrogens (tertiary/aromatic N) is 2. The molecule has 4 aromatic rings. The fraction of sp³-hybridized carbons (Fsp3) is 0.125. The second-order valence-electron chi connectivity index (χ2n) is 7.89. The van der Waals surface area contributed by atoms with Gasteiger partial charge in [-0.15, -0.1) is 0 Å². The Morgan fingerprint density at radius 1 is 1.00 bits per heavy atom. The minimum absolute atomic E-state index is 0.102. The van der Waals surface area contributed by atoms with E-state index in [1.165, 1.54) is 24.4 Å². The highest BCUT2D eigenvalue weighted by molar-refractivity contribution is 7.92. The molecule has 166 valence electrons. The van der Waals surface area contributed by atoms with E-state index in [1.807, 2.05) is 24.3 Å². The van der Waals surface area contributed by atoms with E-state index in [2.05, 4.69) is 20.0 Å². The van der Waals surface area contributed by atoms with Gasteiger partial charge in [0.2, 0.25) is 5.91 Å². The summed E-state index contributed by atoms with van der Waals surface area (Å²) in [4.78, 5) is 20.2. The third-order valence-corrected chi connectivity index (χ3v) is 7.00. The number of hydrogen-bond donors (Lipinski definition) is 2. The van der Waals surface area contributed by atoms with E-state index in [0.29, 0.717) is 17.7 Å². The fourth-order valence-corrected chi connectivity index (χ4v) is 4.90. The molecule has 0 spiro atoms. The standard InChI is InChI=1S/C24H19FN4O3S/c25-21-12-16(5-7-22(21)33(31,32)29-23-3-1-2-9-27-23)19-13-20(19)24(30)28-18-6-4-17-14-26-10-8-15(17)11-18/h1-12,14,19-20H,13H2,(H,27,29)(H,28,30)/t19?,20-/m1/s1. The van der Waals surface area contributed by atoms with Gasteiger partial charge in [-0.25, -0.2) is 17.8 Å². The molecule has 1 saturated carbocycles. The van der Waals surface area contributed by atoms with Crippen molar-refractivity contribution in [3.05, 3.63) is 90.6 Å². The summed E-state index contributed by atoms with van der Waals surface area (Å²) in [6, 6.07) is 16.1. The van der Waals surface area contributed by atoms with Gasteiger partial charge in [-0.05, 0) is 65.8 Å². The highest BCUT2D eigenvalue weighted by atomic mass is 32.2. The first-order chi connectivity index (χ1) is 15.9. The molecule has 1 fully saturated rings. The number of anilines is 2. The number of carbonyl (C=O) groups is 1. The molecule has 7 nitrogen and oxygen atoms in total. The summed E-state index contributed by atoms with van der Waals surface area (Å²) in [6.45, 7) is 0. The SMILES string of the molecule is O=C(Nc1ccc2cnccc2c1)[C@@H]1CC1c1ccc(S(=O)(=O)Nc2ccccn2)c(F)c1. The van der Waals surface area contributed by atoms with Gasteiger partial charge in [-0.3, -0.25) is 14.5 Å². The molecule has 0 aliphatic heterocycles. The van der Waals surface area contributed by atoms with Crippen LogP contribution in [-0.2, 0) is 14.8 Å². The Morgan fingerprint density at radius 3 is 2.67 bits per heavy atom. The number of benzene rings is 2. The second-order valence-corrected chi connectivity index (χ2v) is 9.54. The molecular weight excluding hydrogens is 443 g/mol. The predicted molar refractivity (Wildman–Crippen MR) is 123 cm³/mol. The predicted octanol–water partition coefficient (Wildman–Crippen LogP) is 4.31. The van der Waals surface area contributed by atoms with E-state index in [1.54, 1.807) is 30.6 Å². The van der Waals surface area contributed by atoms with Gasteiger partial charge in [0.1, 0.15) is 16.5 Å². The maximum Gasteiger partial charge on any atom is 0.265 e. The van der Waals surface area contributed by atoms with Crippen LogP contribution < -0.4 is 10.0 Å². The minimum atomic E-state index is -4.13. The smallest absolute Gasteiger partial charge is 0.265 e. The van der Waals surface area contributed by atoms with Crippen LogP contribution in [0.1, 0.15) is 17.9 Å². The number of halogens is 1. The molecule has 1 unspecified atom stereocenters. The Balaban J connectivity index is 1.28. The Labute approximate surface area is 189 Å². The number of pyridine rings is 2. The average Bonchev–Trinajstić information content (AvgIpc) is 3.60. The van der Waals surface area contributed by atoms with E-state index in [0.717, 1.165) is 10.8 Å². The lowest BCUT2D eigenvalue weighted by Crippen LogP contribution is -2.16. The molecule has 2 atom stereocenters. The van der Waals surface area contributed by atoms with Crippen molar-refractivity contribution in [1.82, 2.24) is 9.97 Å². The van der Waals surface area contributed by atoms with Gasteiger partial charge in [0, 0.05) is 35.6 Å². The van der Waals surface area contributed by atoms with Crippen molar-refractivity contribution in [2.45, 2.75) is 17.2 Å². The molecule has 5 rings (SSSR count). The Hall–Kier alpha value is -3.85. The Bertz CT molecular complexity index is 1460. The van der Waals surface area contributed by atoms with Crippen LogP contribution in [-0.4, -0.2) is 24.3 Å². The van der Waals surface area contributed by atoms with Crippen molar-refractivity contribution in [3.63, 3.8) is 0 Å². The quantitative estimate of drug-likeness (QED) is 0.445. The number of aromatic nitrogens is 2. The van der Waals surface area contributed by atoms with Gasteiger partial charge >= 0.3 is 0 Å². The maximum absolute atomic E-state index is 14.7. The van der Waals surface area contributed by atoms with Crippen molar-refractivity contribution >= 4 is 38.2 Å². The van der Waals surface area contributed by atoms with Crippen LogP contribution in [0.2, 0.25) is 0 Å². The van der Waals surface area contributed by atoms with Crippen LogP contribution in [0, 0.1) is 11.7 Å². The van der Waals surface area contributed by atoms with Crippen LogP contribution in [0.5, 0.6) is 0 Å². The maximum atomic E-state index is 14.7. The molecule has 0 bridgehead atoms. The second kappa shape index (κ2) is 8.25. The molecule has 2 N–H and O–H groups in total. The monoisotopic (exact) mass is 462 g/mol. The van der Waals surface area contributed by atoms with E-state index in [4.69, 9.17) is 0 Å². The molecule has 2 aromatic heterocycles. The van der Waals surface area contributed by atoms with Gasteiger partial charge in [0.05, 0.1) is 0 Å². The number of carbonyl (C=O) groups excluding carboxylic acids is 1. The zero-order chi connectivity index (χ0) is 23.0. The van der Waals surface area contributed by atoms with Crippen molar-refractivity contribution in [3.8, 4) is 0 Å². The number of hydrogen-bond acceptors (Lipinski definition) is 5. The molecule has 0 saturated heterocycles. The van der Waals surface area contributed by atoms with E-state index >= 15 is 0 Å². The third-order valence-electron chi connectivity index (χ3n) is 5.61. The Kier molecular flexibility index (Phi) is 5.26. The summed E-state index contributed by atoms with van der Waals surface area (Å²) in [5.74, 6) is -1.38. The zero-order valence-electron chi connectivity index (χ0n) is 17.3. The van der Waals surface area contributed by atoms with Crippen molar-refractivity contribution < 1.29 is 17.6 Å². The third kappa shape index (κ3) is 4.40. The van der Waals surface area contributed by atoms with Crippen LogP contribution >= 0.6 is 0 Å². The Morgan fingerprint density at radius 2 is 1.88 bits per heavy atom. The topological polar surface area (TPSA) is 101 Å². The van der Waals surface area contributed by atoms with Crippen LogP contribution in [0.4, 0.5) is 15.9 Å². The molecule has 1 amide bonds. The lowest BCUT2D eigenvalue weighted by Gasteiger charge is -2.10. The van der Waals surface area contributed by atoms with E-state index < -0.39 is 20.7 Å². The summed E-state index contributed by atoms with van der Waals surface area (Å²) in [6.07, 6.45) is 5.45. The first-order valence-corrected chi connectivity index (χ1v) is 11.8. The molecule has 33 heavy (non-hydrogen) atoms. The molecular formula is C24H19FN4O3S. The molecule has 0 radical (unpaired) electrons. The molecule has 9 heteroatoms. The largest absolute Gasteiger partial charge is 0.326 e. The molecule has 2 heterocycles. The highest BCUT2D eigenvalue weighted by Gasteiger charge is 2.44. The van der Waals surface area contributed by atoms with E-state index in [9.17, 15) is 17.6 Å². The van der Waals surface area contributed by atoms with Crippen molar-refractivity contribution in [1.29, 1.82) is 0 Å². The van der Waals surface area contributed by atoms with Crippen molar-refractivity contribution in [2.75, 3.05) is 10.0 Å². The summed E-state index contributed by atoms with van der Waals surface area (Å²) in [5.41, 5.74) is 1.27. The number of nitrogens with one attached hydrogen (secondary N) is 2. The van der Waals surface area contributed by atoms with Gasteiger partial charge in [-0.2, -0.15) is 0 Å². The first kappa shape index (κ1) is 21.0. The zero-order valence-corrected chi connectivity index (χ0v) is 18.1. The minimum Gasteiger partial charge on any atom is -0.326 e. The normalized spacial score (nSPS) is 17.5. The van der Waals surface area contributed by atoms with E-state index in [-0.39, 0.29) is 23.6 Å². The number of sulfonamides is 1. The van der Waals surface area contributed by atoms with Gasteiger partial charge in [0.25, 0.3) is 10.0 Å².